The molecule has 0 fully saturated rings. The molecule has 0 aliphatic carbocycles. The zero-order valence-corrected chi connectivity index (χ0v) is 28.5. The van der Waals surface area contributed by atoms with Crippen LogP contribution in [-0.4, -0.2) is 15.5 Å². The Hall–Kier alpha value is -3.34. The summed E-state index contributed by atoms with van der Waals surface area (Å²) in [5, 5.41) is 12.3. The Morgan fingerprint density at radius 1 is 0.750 bits per heavy atom. The Morgan fingerprint density at radius 2 is 1.25 bits per heavy atom. The summed E-state index contributed by atoms with van der Waals surface area (Å²) in [7, 11) is 0. The van der Waals surface area contributed by atoms with Crippen molar-refractivity contribution in [3.05, 3.63) is 130 Å². The molecule has 0 aromatic heterocycles. The number of ether oxygens (including phenoxy) is 2. The highest BCUT2D eigenvalue weighted by atomic mass is 79.9. The molecule has 0 radical (unpaired) electrons. The number of hydrogen-bond acceptors (Lipinski definition) is 3. The van der Waals surface area contributed by atoms with Crippen LogP contribution in [0.3, 0.4) is 0 Å². The fourth-order valence-electron chi connectivity index (χ4n) is 5.34. The van der Waals surface area contributed by atoms with Gasteiger partial charge >= 0.3 is 0 Å². The van der Waals surface area contributed by atoms with E-state index in [0.29, 0.717) is 13.2 Å². The van der Waals surface area contributed by atoms with E-state index >= 15 is 0 Å². The standard InChI is InChI=1S/C40H47BrO3/c1-29(15-14-16-30(2)24-26-37(41)40(4,5)42)23-25-34-31(3)38(43-27-32-17-8-6-9-18-32)35-21-12-13-22-36(35)39(34)44-28-33-19-10-7-11-20-33/h6-13,16-23,37,42H,14-15,24-28H2,1-5H3/b29-23+,30-16+. The first-order valence-corrected chi connectivity index (χ1v) is 16.6. The van der Waals surface area contributed by atoms with Gasteiger partial charge in [-0.25, -0.2) is 0 Å². The summed E-state index contributed by atoms with van der Waals surface area (Å²) in [4.78, 5) is 0.0880. The molecule has 44 heavy (non-hydrogen) atoms. The topological polar surface area (TPSA) is 38.7 Å². The zero-order chi connectivity index (χ0) is 31.5. The van der Waals surface area contributed by atoms with Gasteiger partial charge in [-0.15, -0.1) is 0 Å². The van der Waals surface area contributed by atoms with Crippen molar-refractivity contribution in [1.82, 2.24) is 0 Å². The third kappa shape index (κ3) is 9.58. The van der Waals surface area contributed by atoms with Crippen LogP contribution in [0.25, 0.3) is 10.8 Å². The van der Waals surface area contributed by atoms with Gasteiger partial charge < -0.3 is 14.6 Å². The minimum Gasteiger partial charge on any atom is -0.488 e. The zero-order valence-electron chi connectivity index (χ0n) is 26.9. The summed E-state index contributed by atoms with van der Waals surface area (Å²) in [6.45, 7) is 11.3. The lowest BCUT2D eigenvalue weighted by molar-refractivity contribution is 0.0774. The van der Waals surface area contributed by atoms with Gasteiger partial charge in [-0.3, -0.25) is 0 Å². The molecule has 232 valence electrons. The van der Waals surface area contributed by atoms with Crippen molar-refractivity contribution in [2.75, 3.05) is 0 Å². The molecule has 0 spiro atoms. The van der Waals surface area contributed by atoms with Gasteiger partial charge in [0.25, 0.3) is 0 Å². The van der Waals surface area contributed by atoms with Crippen molar-refractivity contribution in [2.24, 2.45) is 0 Å². The molecule has 3 nitrogen and oxygen atoms in total. The number of aliphatic hydroxyl groups is 1. The minimum absolute atomic E-state index is 0.0880. The molecule has 4 aromatic carbocycles. The molecular formula is C40H47BrO3. The summed E-state index contributed by atoms with van der Waals surface area (Å²) < 4.78 is 13.2. The summed E-state index contributed by atoms with van der Waals surface area (Å²) in [5.74, 6) is 1.86. The van der Waals surface area contributed by atoms with Crippen LogP contribution in [-0.2, 0) is 19.6 Å². The first-order valence-electron chi connectivity index (χ1n) is 15.7. The Labute approximate surface area is 272 Å². The van der Waals surface area contributed by atoms with Crippen molar-refractivity contribution in [3.8, 4) is 11.5 Å². The average molecular weight is 656 g/mol. The van der Waals surface area contributed by atoms with E-state index in [-0.39, 0.29) is 4.83 Å². The number of benzene rings is 4. The molecule has 4 heteroatoms. The SMILES string of the molecule is C/C(=C\Cc1c(C)c(OCc2ccccc2)c2ccccc2c1OCc1ccccc1)CC/C=C(\C)CCC(Br)C(C)(C)O. The Bertz CT molecular complexity index is 1550. The summed E-state index contributed by atoms with van der Waals surface area (Å²) in [6, 6.07) is 29.1. The highest BCUT2D eigenvalue weighted by molar-refractivity contribution is 9.09. The van der Waals surface area contributed by atoms with E-state index in [4.69, 9.17) is 9.47 Å². The van der Waals surface area contributed by atoms with Gasteiger partial charge in [0.2, 0.25) is 0 Å². The number of hydrogen-bond donors (Lipinski definition) is 1. The second kappa shape index (κ2) is 16.1. The summed E-state index contributed by atoms with van der Waals surface area (Å²) in [6.07, 6.45) is 9.36. The molecule has 0 heterocycles. The van der Waals surface area contributed by atoms with Crippen LogP contribution >= 0.6 is 15.9 Å². The highest BCUT2D eigenvalue weighted by Gasteiger charge is 2.23. The lowest BCUT2D eigenvalue weighted by Crippen LogP contribution is -2.31. The van der Waals surface area contributed by atoms with Crippen LogP contribution < -0.4 is 9.47 Å². The lowest BCUT2D eigenvalue weighted by atomic mass is 9.95. The average Bonchev–Trinajstić information content (AvgIpc) is 3.02. The van der Waals surface area contributed by atoms with Crippen LogP contribution in [0.1, 0.15) is 75.6 Å². The van der Waals surface area contributed by atoms with Crippen molar-refractivity contribution >= 4 is 26.7 Å². The Balaban J connectivity index is 1.57. The maximum absolute atomic E-state index is 10.2. The fourth-order valence-corrected chi connectivity index (χ4v) is 5.57. The molecule has 0 bridgehead atoms. The van der Waals surface area contributed by atoms with E-state index in [0.717, 1.165) is 71.1 Å². The van der Waals surface area contributed by atoms with Gasteiger partial charge in [0.15, 0.2) is 0 Å². The Kier molecular flexibility index (Phi) is 12.3. The molecule has 4 aromatic rings. The predicted molar refractivity (Wildman–Crippen MR) is 189 cm³/mol. The second-order valence-electron chi connectivity index (χ2n) is 12.4. The third-order valence-corrected chi connectivity index (χ3v) is 9.76. The molecule has 1 unspecified atom stereocenters. The summed E-state index contributed by atoms with van der Waals surface area (Å²) in [5.41, 5.74) is 6.60. The highest BCUT2D eigenvalue weighted by Crippen LogP contribution is 2.42. The van der Waals surface area contributed by atoms with Gasteiger partial charge in [0.1, 0.15) is 24.7 Å². The van der Waals surface area contributed by atoms with Gasteiger partial charge in [-0.2, -0.15) is 0 Å². The number of rotatable bonds is 15. The van der Waals surface area contributed by atoms with Gasteiger partial charge in [-0.05, 0) is 83.4 Å². The van der Waals surface area contributed by atoms with E-state index in [2.05, 4.69) is 110 Å². The maximum atomic E-state index is 10.2. The van der Waals surface area contributed by atoms with Crippen molar-refractivity contribution in [1.29, 1.82) is 0 Å². The number of halogens is 1. The first kappa shape index (κ1) is 33.6. The monoisotopic (exact) mass is 654 g/mol. The quantitative estimate of drug-likeness (QED) is 0.102. The number of fused-ring (bicyclic) bond motifs is 1. The van der Waals surface area contributed by atoms with Crippen molar-refractivity contribution in [3.63, 3.8) is 0 Å². The number of allylic oxidation sites excluding steroid dienone is 4. The van der Waals surface area contributed by atoms with Crippen LogP contribution in [0.2, 0.25) is 0 Å². The van der Waals surface area contributed by atoms with Crippen molar-refractivity contribution in [2.45, 2.75) is 90.4 Å². The summed E-state index contributed by atoms with van der Waals surface area (Å²) >= 11 is 3.63. The van der Waals surface area contributed by atoms with Gasteiger partial charge in [-0.1, -0.05) is 124 Å². The van der Waals surface area contributed by atoms with Crippen LogP contribution in [0.15, 0.2) is 108 Å². The minimum atomic E-state index is -0.712. The van der Waals surface area contributed by atoms with E-state index in [1.54, 1.807) is 0 Å². The van der Waals surface area contributed by atoms with Gasteiger partial charge in [0.05, 0.1) is 5.60 Å². The molecule has 0 aliphatic heterocycles. The molecule has 0 aliphatic rings. The smallest absolute Gasteiger partial charge is 0.131 e. The van der Waals surface area contributed by atoms with Crippen LogP contribution in [0.4, 0.5) is 0 Å². The van der Waals surface area contributed by atoms with Crippen LogP contribution in [0, 0.1) is 6.92 Å². The molecular weight excluding hydrogens is 608 g/mol. The van der Waals surface area contributed by atoms with Crippen molar-refractivity contribution < 1.29 is 14.6 Å². The van der Waals surface area contributed by atoms with Gasteiger partial charge in [0, 0.05) is 21.2 Å². The fraction of sp³-hybridized carbons (Fsp3) is 0.350. The predicted octanol–water partition coefficient (Wildman–Crippen LogP) is 10.8. The molecule has 4 rings (SSSR count). The van der Waals surface area contributed by atoms with E-state index in [1.165, 1.54) is 16.7 Å². The molecule has 1 atom stereocenters. The normalized spacial score (nSPS) is 13.2. The maximum Gasteiger partial charge on any atom is 0.131 e. The molecule has 0 saturated heterocycles. The van der Waals surface area contributed by atoms with E-state index in [1.807, 2.05) is 38.1 Å². The largest absolute Gasteiger partial charge is 0.488 e. The molecule has 0 saturated carbocycles. The van der Waals surface area contributed by atoms with E-state index < -0.39 is 5.60 Å². The van der Waals surface area contributed by atoms with E-state index in [9.17, 15) is 5.11 Å². The second-order valence-corrected chi connectivity index (χ2v) is 13.5. The Morgan fingerprint density at radius 3 is 1.82 bits per heavy atom. The number of alkyl halides is 1. The molecule has 1 N–H and O–H groups in total. The lowest BCUT2D eigenvalue weighted by Gasteiger charge is -2.24. The molecule has 0 amide bonds. The van der Waals surface area contributed by atoms with Crippen LogP contribution in [0.5, 0.6) is 11.5 Å². The third-order valence-electron chi connectivity index (χ3n) is 8.18. The first-order chi connectivity index (χ1) is 21.1.